The normalized spacial score (nSPS) is 11.3. The maximum Gasteiger partial charge on any atom is 0.230 e. The number of carbonyl (C=O) groups excluding carboxylic acids is 1. The molecule has 5 nitrogen and oxygen atoms in total. The topological polar surface area (TPSA) is 66.9 Å². The van der Waals surface area contributed by atoms with Gasteiger partial charge in [0.05, 0.1) is 5.75 Å². The summed E-state index contributed by atoms with van der Waals surface area (Å²) >= 11 is 2.72. The van der Waals surface area contributed by atoms with Gasteiger partial charge in [-0.25, -0.2) is 4.39 Å². The van der Waals surface area contributed by atoms with E-state index in [4.69, 9.17) is 0 Å². The first kappa shape index (κ1) is 17.7. The van der Waals surface area contributed by atoms with E-state index < -0.39 is 0 Å². The maximum atomic E-state index is 13.4. The Morgan fingerprint density at radius 2 is 2.04 bits per heavy atom. The summed E-state index contributed by atoms with van der Waals surface area (Å²) in [4.78, 5) is 11.8. The highest BCUT2D eigenvalue weighted by Gasteiger charge is 2.14. The molecule has 8 heteroatoms. The van der Waals surface area contributed by atoms with Gasteiger partial charge < -0.3 is 10.6 Å². The SMILES string of the molecule is CC(C)(C)Nc1nnc(SCC(=O)NCc2ccccc2F)s1. The Hall–Kier alpha value is -1.67. The minimum absolute atomic E-state index is 0.0847. The first-order valence-electron chi connectivity index (χ1n) is 7.08. The Kier molecular flexibility index (Phi) is 5.95. The molecule has 0 atom stereocenters. The summed E-state index contributed by atoms with van der Waals surface area (Å²) in [5, 5.41) is 14.7. The standard InChI is InChI=1S/C15H19FN4OS2/c1-15(2,3)18-13-19-20-14(23-13)22-9-12(21)17-8-10-6-4-5-7-11(10)16/h4-7H,8-9H2,1-3H3,(H,17,21)(H,18,19). The molecule has 2 N–H and O–H groups in total. The molecular weight excluding hydrogens is 335 g/mol. The molecular formula is C15H19FN4OS2. The molecule has 0 aliphatic rings. The average Bonchev–Trinajstić information content (AvgIpc) is 2.89. The third kappa shape index (κ3) is 6.15. The molecule has 0 bridgehead atoms. The number of nitrogens with one attached hydrogen (secondary N) is 2. The molecule has 0 aliphatic carbocycles. The van der Waals surface area contributed by atoms with Crippen molar-refractivity contribution in [2.75, 3.05) is 11.1 Å². The van der Waals surface area contributed by atoms with Crippen molar-refractivity contribution in [3.05, 3.63) is 35.6 Å². The highest BCUT2D eigenvalue weighted by molar-refractivity contribution is 8.01. The number of thioether (sulfide) groups is 1. The summed E-state index contributed by atoms with van der Waals surface area (Å²) in [7, 11) is 0. The fraction of sp³-hybridized carbons (Fsp3) is 0.400. The summed E-state index contributed by atoms with van der Waals surface area (Å²) in [5.41, 5.74) is 0.386. The van der Waals surface area contributed by atoms with Crippen molar-refractivity contribution in [2.45, 2.75) is 37.2 Å². The Balaban J connectivity index is 1.77. The molecule has 1 amide bonds. The van der Waals surface area contributed by atoms with Crippen LogP contribution < -0.4 is 10.6 Å². The van der Waals surface area contributed by atoms with E-state index in [-0.39, 0.29) is 29.6 Å². The molecule has 1 heterocycles. The third-order valence-electron chi connectivity index (χ3n) is 2.65. The third-order valence-corrected chi connectivity index (χ3v) is 4.62. The van der Waals surface area contributed by atoms with E-state index in [2.05, 4.69) is 20.8 Å². The summed E-state index contributed by atoms with van der Waals surface area (Å²) in [6, 6.07) is 6.39. The Morgan fingerprint density at radius 3 is 2.74 bits per heavy atom. The predicted molar refractivity (Wildman–Crippen MR) is 92.3 cm³/mol. The minimum atomic E-state index is -0.317. The van der Waals surface area contributed by atoms with Gasteiger partial charge in [0.2, 0.25) is 11.0 Å². The van der Waals surface area contributed by atoms with Crippen molar-refractivity contribution in [3.63, 3.8) is 0 Å². The van der Waals surface area contributed by atoms with E-state index in [1.165, 1.54) is 29.2 Å². The first-order valence-corrected chi connectivity index (χ1v) is 8.88. The van der Waals surface area contributed by atoms with Crippen LogP contribution >= 0.6 is 23.1 Å². The Morgan fingerprint density at radius 1 is 1.30 bits per heavy atom. The van der Waals surface area contributed by atoms with Crippen LogP contribution in [0.1, 0.15) is 26.3 Å². The summed E-state index contributed by atoms with van der Waals surface area (Å²) < 4.78 is 14.2. The number of nitrogens with zero attached hydrogens (tertiary/aromatic N) is 2. The predicted octanol–water partition coefficient (Wildman–Crippen LogP) is 3.30. The van der Waals surface area contributed by atoms with E-state index in [9.17, 15) is 9.18 Å². The largest absolute Gasteiger partial charge is 0.355 e. The number of aromatic nitrogens is 2. The van der Waals surface area contributed by atoms with Gasteiger partial charge in [0.1, 0.15) is 5.82 Å². The number of carbonyl (C=O) groups is 1. The smallest absolute Gasteiger partial charge is 0.230 e. The highest BCUT2D eigenvalue weighted by Crippen LogP contribution is 2.27. The van der Waals surface area contributed by atoms with Gasteiger partial charge in [-0.3, -0.25) is 4.79 Å². The fourth-order valence-electron chi connectivity index (χ4n) is 1.65. The molecule has 2 aromatic rings. The highest BCUT2D eigenvalue weighted by atomic mass is 32.2. The van der Waals surface area contributed by atoms with Crippen LogP contribution in [-0.4, -0.2) is 27.4 Å². The van der Waals surface area contributed by atoms with Crippen LogP contribution in [0.2, 0.25) is 0 Å². The van der Waals surface area contributed by atoms with Gasteiger partial charge in [0, 0.05) is 17.6 Å². The molecule has 124 valence electrons. The van der Waals surface area contributed by atoms with Crippen LogP contribution in [0.5, 0.6) is 0 Å². The molecule has 0 aliphatic heterocycles. The molecule has 0 radical (unpaired) electrons. The second-order valence-corrected chi connectivity index (χ2v) is 8.10. The molecule has 1 aromatic heterocycles. The van der Waals surface area contributed by atoms with Crippen molar-refractivity contribution in [1.29, 1.82) is 0 Å². The second kappa shape index (κ2) is 7.74. The Labute approximate surface area is 143 Å². The lowest BCUT2D eigenvalue weighted by Crippen LogP contribution is -2.25. The molecule has 2 rings (SSSR count). The zero-order valence-electron chi connectivity index (χ0n) is 13.2. The fourth-order valence-corrected chi connectivity index (χ4v) is 3.44. The van der Waals surface area contributed by atoms with Crippen molar-refractivity contribution in [2.24, 2.45) is 0 Å². The lowest BCUT2D eigenvalue weighted by Gasteiger charge is -2.18. The number of rotatable bonds is 6. The van der Waals surface area contributed by atoms with Crippen molar-refractivity contribution >= 4 is 34.1 Å². The summed E-state index contributed by atoms with van der Waals surface area (Å²) in [5.74, 6) is -0.264. The van der Waals surface area contributed by atoms with E-state index in [1.807, 2.05) is 20.8 Å². The number of anilines is 1. The van der Waals surface area contributed by atoms with Gasteiger partial charge in [-0.1, -0.05) is 41.3 Å². The van der Waals surface area contributed by atoms with Crippen LogP contribution in [0, 0.1) is 5.82 Å². The maximum absolute atomic E-state index is 13.4. The number of hydrogen-bond donors (Lipinski definition) is 2. The molecule has 23 heavy (non-hydrogen) atoms. The van der Waals surface area contributed by atoms with Gasteiger partial charge in [-0.05, 0) is 26.8 Å². The van der Waals surface area contributed by atoms with Crippen molar-refractivity contribution in [1.82, 2.24) is 15.5 Å². The minimum Gasteiger partial charge on any atom is -0.355 e. The van der Waals surface area contributed by atoms with Gasteiger partial charge in [0.25, 0.3) is 0 Å². The number of amides is 1. The van der Waals surface area contributed by atoms with Crippen LogP contribution in [-0.2, 0) is 11.3 Å². The quantitative estimate of drug-likeness (QED) is 0.779. The molecule has 0 saturated carbocycles. The van der Waals surface area contributed by atoms with Gasteiger partial charge >= 0.3 is 0 Å². The number of hydrogen-bond acceptors (Lipinski definition) is 6. The molecule has 0 unspecified atom stereocenters. The molecule has 0 saturated heterocycles. The lowest BCUT2D eigenvalue weighted by atomic mass is 10.1. The summed E-state index contributed by atoms with van der Waals surface area (Å²) in [6.07, 6.45) is 0. The van der Waals surface area contributed by atoms with Gasteiger partial charge in [-0.15, -0.1) is 10.2 Å². The lowest BCUT2D eigenvalue weighted by molar-refractivity contribution is -0.118. The van der Waals surface area contributed by atoms with Crippen LogP contribution in [0.4, 0.5) is 9.52 Å². The first-order chi connectivity index (χ1) is 10.8. The number of benzene rings is 1. The zero-order valence-corrected chi connectivity index (χ0v) is 14.9. The van der Waals surface area contributed by atoms with E-state index in [0.717, 1.165) is 9.47 Å². The monoisotopic (exact) mass is 354 g/mol. The molecule has 0 spiro atoms. The van der Waals surface area contributed by atoms with E-state index in [0.29, 0.717) is 5.56 Å². The van der Waals surface area contributed by atoms with E-state index >= 15 is 0 Å². The van der Waals surface area contributed by atoms with Gasteiger partial charge in [-0.2, -0.15) is 0 Å². The number of halogens is 1. The van der Waals surface area contributed by atoms with Gasteiger partial charge in [0.15, 0.2) is 4.34 Å². The van der Waals surface area contributed by atoms with Crippen molar-refractivity contribution < 1.29 is 9.18 Å². The van der Waals surface area contributed by atoms with Crippen LogP contribution in [0.15, 0.2) is 28.6 Å². The zero-order chi connectivity index (χ0) is 16.9. The molecule has 1 aromatic carbocycles. The van der Waals surface area contributed by atoms with E-state index in [1.54, 1.807) is 18.2 Å². The Bertz CT molecular complexity index is 669. The van der Waals surface area contributed by atoms with Crippen LogP contribution in [0.3, 0.4) is 0 Å². The van der Waals surface area contributed by atoms with Crippen LogP contribution in [0.25, 0.3) is 0 Å². The molecule has 0 fully saturated rings. The second-order valence-electron chi connectivity index (χ2n) is 5.90. The average molecular weight is 354 g/mol. The summed E-state index contributed by atoms with van der Waals surface area (Å²) in [6.45, 7) is 6.30. The van der Waals surface area contributed by atoms with Crippen molar-refractivity contribution in [3.8, 4) is 0 Å².